The predicted molar refractivity (Wildman–Crippen MR) is 63.8 cm³/mol. The van der Waals surface area contributed by atoms with Crippen LogP contribution in [-0.4, -0.2) is 25.4 Å². The Balaban J connectivity index is 2.35. The van der Waals surface area contributed by atoms with E-state index in [1.807, 2.05) is 6.92 Å². The van der Waals surface area contributed by atoms with E-state index in [9.17, 15) is 13.2 Å². The molecule has 0 saturated carbocycles. The van der Waals surface area contributed by atoms with E-state index in [1.165, 1.54) is 4.90 Å². The van der Waals surface area contributed by atoms with Gasteiger partial charge >= 0.3 is 6.18 Å². The molecule has 100 valence electrons. The van der Waals surface area contributed by atoms with E-state index in [0.717, 1.165) is 0 Å². The number of nitrogen functional groups attached to an aromatic ring is 1. The van der Waals surface area contributed by atoms with Crippen LogP contribution in [0.25, 0.3) is 0 Å². The highest BCUT2D eigenvalue weighted by molar-refractivity contribution is 5.65. The van der Waals surface area contributed by atoms with Gasteiger partial charge in [0.1, 0.15) is 18.9 Å². The quantitative estimate of drug-likeness (QED) is 0.831. The molecule has 2 N–H and O–H groups in total. The summed E-state index contributed by atoms with van der Waals surface area (Å²) in [7, 11) is 0. The zero-order valence-electron chi connectivity index (χ0n) is 10.00. The number of hydrogen-bond acceptors (Lipinski definition) is 3. The summed E-state index contributed by atoms with van der Waals surface area (Å²) in [6, 6.07) is 4.47. The van der Waals surface area contributed by atoms with Gasteiger partial charge in [0.25, 0.3) is 0 Å². The zero-order valence-corrected chi connectivity index (χ0v) is 10.00. The van der Waals surface area contributed by atoms with E-state index in [-0.39, 0.29) is 12.6 Å². The number of fused-ring (bicyclic) bond motifs is 1. The Morgan fingerprint density at radius 3 is 2.78 bits per heavy atom. The van der Waals surface area contributed by atoms with Crippen molar-refractivity contribution in [2.75, 3.05) is 23.8 Å². The third kappa shape index (κ3) is 2.63. The van der Waals surface area contributed by atoms with Crippen molar-refractivity contribution in [3.05, 3.63) is 18.2 Å². The minimum absolute atomic E-state index is 0.253. The van der Waals surface area contributed by atoms with E-state index < -0.39 is 12.7 Å². The number of benzene rings is 1. The second-order valence-electron chi connectivity index (χ2n) is 4.34. The monoisotopic (exact) mass is 260 g/mol. The Bertz CT molecular complexity index is 434. The zero-order chi connectivity index (χ0) is 13.3. The van der Waals surface area contributed by atoms with Crippen molar-refractivity contribution in [1.82, 2.24) is 0 Å². The van der Waals surface area contributed by atoms with Crippen molar-refractivity contribution in [2.24, 2.45) is 0 Å². The number of nitrogens with zero attached hydrogens (tertiary/aromatic N) is 1. The second kappa shape index (κ2) is 4.59. The average molecular weight is 260 g/mol. The summed E-state index contributed by atoms with van der Waals surface area (Å²) in [5, 5.41) is 0. The molecular weight excluding hydrogens is 245 g/mol. The highest BCUT2D eigenvalue weighted by Gasteiger charge is 2.36. The number of anilines is 2. The van der Waals surface area contributed by atoms with Gasteiger partial charge in [0.05, 0.1) is 11.7 Å². The summed E-state index contributed by atoms with van der Waals surface area (Å²) in [5.74, 6) is 0.420. The molecule has 18 heavy (non-hydrogen) atoms. The van der Waals surface area contributed by atoms with Crippen molar-refractivity contribution in [1.29, 1.82) is 0 Å². The van der Waals surface area contributed by atoms with Crippen molar-refractivity contribution in [3.8, 4) is 5.75 Å². The standard InChI is InChI=1S/C12H15F3N2O/c1-2-9-6-18-11-5-8(16)3-4-10(11)17(9)7-12(13,14)15/h3-5,9H,2,6-7,16H2,1H3. The summed E-state index contributed by atoms with van der Waals surface area (Å²) in [4.78, 5) is 1.35. The van der Waals surface area contributed by atoms with Crippen LogP contribution in [0, 0.1) is 0 Å². The summed E-state index contributed by atoms with van der Waals surface area (Å²) >= 11 is 0. The van der Waals surface area contributed by atoms with Crippen LogP contribution in [0.15, 0.2) is 18.2 Å². The summed E-state index contributed by atoms with van der Waals surface area (Å²) in [5.41, 5.74) is 6.54. The van der Waals surface area contributed by atoms with Crippen molar-refractivity contribution in [2.45, 2.75) is 25.6 Å². The molecule has 0 aromatic heterocycles. The van der Waals surface area contributed by atoms with Crippen LogP contribution in [0.3, 0.4) is 0 Å². The number of nitrogens with two attached hydrogens (primary N) is 1. The molecule has 0 fully saturated rings. The van der Waals surface area contributed by atoms with Gasteiger partial charge in [-0.25, -0.2) is 0 Å². The van der Waals surface area contributed by atoms with E-state index in [4.69, 9.17) is 10.5 Å². The maximum absolute atomic E-state index is 12.6. The van der Waals surface area contributed by atoms with Gasteiger partial charge in [0.2, 0.25) is 0 Å². The van der Waals surface area contributed by atoms with Crippen LogP contribution in [0.1, 0.15) is 13.3 Å². The number of alkyl halides is 3. The maximum atomic E-state index is 12.6. The average Bonchev–Trinajstić information content (AvgIpc) is 2.27. The fourth-order valence-corrected chi connectivity index (χ4v) is 2.10. The minimum atomic E-state index is -4.23. The van der Waals surface area contributed by atoms with Gasteiger partial charge in [-0.1, -0.05) is 6.92 Å². The van der Waals surface area contributed by atoms with Crippen LogP contribution >= 0.6 is 0 Å². The second-order valence-corrected chi connectivity index (χ2v) is 4.34. The lowest BCUT2D eigenvalue weighted by molar-refractivity contribution is -0.121. The van der Waals surface area contributed by atoms with Crippen molar-refractivity contribution >= 4 is 11.4 Å². The Labute approximate surface area is 103 Å². The summed E-state index contributed by atoms with van der Waals surface area (Å²) in [6.45, 7) is 1.13. The number of ether oxygens (including phenoxy) is 1. The first-order valence-electron chi connectivity index (χ1n) is 5.76. The SMILES string of the molecule is CCC1COc2cc(N)ccc2N1CC(F)(F)F. The van der Waals surface area contributed by atoms with Crippen LogP contribution in [0.4, 0.5) is 24.5 Å². The first-order chi connectivity index (χ1) is 8.40. The molecular formula is C12H15F3N2O. The van der Waals surface area contributed by atoms with E-state index >= 15 is 0 Å². The van der Waals surface area contributed by atoms with Gasteiger partial charge in [-0.05, 0) is 18.6 Å². The molecule has 1 aromatic rings. The molecule has 6 heteroatoms. The van der Waals surface area contributed by atoms with Gasteiger partial charge < -0.3 is 15.4 Å². The summed E-state index contributed by atoms with van der Waals surface area (Å²) in [6.07, 6.45) is -3.64. The van der Waals surface area contributed by atoms with E-state index in [2.05, 4.69) is 0 Å². The fourth-order valence-electron chi connectivity index (χ4n) is 2.10. The van der Waals surface area contributed by atoms with Crippen LogP contribution in [0.5, 0.6) is 5.75 Å². The topological polar surface area (TPSA) is 38.5 Å². The van der Waals surface area contributed by atoms with Gasteiger partial charge in [0, 0.05) is 11.8 Å². The molecule has 2 rings (SSSR count). The highest BCUT2D eigenvalue weighted by atomic mass is 19.4. The van der Waals surface area contributed by atoms with Gasteiger partial charge in [0.15, 0.2) is 0 Å². The van der Waals surface area contributed by atoms with Gasteiger partial charge in [-0.2, -0.15) is 13.2 Å². The number of rotatable bonds is 2. The number of hydrogen-bond donors (Lipinski definition) is 1. The molecule has 1 heterocycles. The largest absolute Gasteiger partial charge is 0.489 e. The van der Waals surface area contributed by atoms with Crippen molar-refractivity contribution < 1.29 is 17.9 Å². The van der Waals surface area contributed by atoms with Crippen molar-refractivity contribution in [3.63, 3.8) is 0 Å². The molecule has 1 unspecified atom stereocenters. The molecule has 0 saturated heterocycles. The molecule has 1 aromatic carbocycles. The highest BCUT2D eigenvalue weighted by Crippen LogP contribution is 2.37. The molecule has 0 aliphatic carbocycles. The maximum Gasteiger partial charge on any atom is 0.405 e. The third-order valence-electron chi connectivity index (χ3n) is 2.99. The third-order valence-corrected chi connectivity index (χ3v) is 2.99. The van der Waals surface area contributed by atoms with E-state index in [1.54, 1.807) is 18.2 Å². The molecule has 0 bridgehead atoms. The van der Waals surface area contributed by atoms with E-state index in [0.29, 0.717) is 23.5 Å². The molecule has 3 nitrogen and oxygen atoms in total. The first kappa shape index (κ1) is 12.9. The molecule has 1 atom stereocenters. The number of halogens is 3. The molecule has 1 aliphatic rings. The summed E-state index contributed by atoms with van der Waals surface area (Å²) < 4.78 is 43.3. The Kier molecular flexibility index (Phi) is 3.28. The lowest BCUT2D eigenvalue weighted by Gasteiger charge is -2.38. The Hall–Kier alpha value is -1.59. The lowest BCUT2D eigenvalue weighted by atomic mass is 10.1. The minimum Gasteiger partial charge on any atom is -0.489 e. The normalized spacial score (nSPS) is 19.3. The van der Waals surface area contributed by atoms with Gasteiger partial charge in [-0.3, -0.25) is 0 Å². The van der Waals surface area contributed by atoms with Crippen LogP contribution in [0.2, 0.25) is 0 Å². The fraction of sp³-hybridized carbons (Fsp3) is 0.500. The predicted octanol–water partition coefficient (Wildman–Crippen LogP) is 2.81. The Morgan fingerprint density at radius 1 is 1.44 bits per heavy atom. The molecule has 0 spiro atoms. The van der Waals surface area contributed by atoms with Gasteiger partial charge in [-0.15, -0.1) is 0 Å². The van der Waals surface area contributed by atoms with Crippen LogP contribution in [-0.2, 0) is 0 Å². The molecule has 0 radical (unpaired) electrons. The lowest BCUT2D eigenvalue weighted by Crippen LogP contribution is -2.47. The smallest absolute Gasteiger partial charge is 0.405 e. The van der Waals surface area contributed by atoms with Crippen LogP contribution < -0.4 is 15.4 Å². The molecule has 1 aliphatic heterocycles. The Morgan fingerprint density at radius 2 is 2.17 bits per heavy atom. The molecule has 0 amide bonds. The first-order valence-corrected chi connectivity index (χ1v) is 5.76.